The number of benzene rings is 2. The largest absolute Gasteiger partial charge is 0.445 e. The predicted octanol–water partition coefficient (Wildman–Crippen LogP) is 4.13. The molecule has 0 unspecified atom stereocenters. The highest BCUT2D eigenvalue weighted by Crippen LogP contribution is 2.53. The van der Waals surface area contributed by atoms with Crippen LogP contribution in [0.5, 0.6) is 0 Å². The van der Waals surface area contributed by atoms with Crippen molar-refractivity contribution >= 4 is 5.84 Å². The number of nitrogens with one attached hydrogen (secondary N) is 1. The van der Waals surface area contributed by atoms with Gasteiger partial charge in [0.1, 0.15) is 5.56 Å². The second kappa shape index (κ2) is 8.09. The SMILES string of the molecule is Cc1[nH]n(-c2ccccc2)c(=O)c1C(O/N=C(/N)c1ccccc1)(C(F)(F)F)C(F)(F)F. The number of nitrogens with two attached hydrogens (primary N) is 1. The average Bonchev–Trinajstić information content (AvgIpc) is 3.02. The van der Waals surface area contributed by atoms with E-state index in [1.807, 2.05) is 0 Å². The van der Waals surface area contributed by atoms with E-state index in [0.29, 0.717) is 4.68 Å². The number of aromatic amines is 1. The number of para-hydroxylation sites is 1. The molecule has 0 fully saturated rings. The van der Waals surface area contributed by atoms with Crippen molar-refractivity contribution in [2.24, 2.45) is 10.9 Å². The molecule has 0 radical (unpaired) electrons. The van der Waals surface area contributed by atoms with E-state index < -0.39 is 40.6 Å². The third-order valence-corrected chi connectivity index (χ3v) is 4.59. The van der Waals surface area contributed by atoms with Gasteiger partial charge in [-0.25, -0.2) is 4.68 Å². The smallest absolute Gasteiger partial charge is 0.380 e. The van der Waals surface area contributed by atoms with Gasteiger partial charge in [-0.3, -0.25) is 9.89 Å². The Morgan fingerprint density at radius 1 is 0.938 bits per heavy atom. The van der Waals surface area contributed by atoms with E-state index in [4.69, 9.17) is 5.73 Å². The average molecular weight is 458 g/mol. The van der Waals surface area contributed by atoms with Gasteiger partial charge in [-0.05, 0) is 19.1 Å². The highest BCUT2D eigenvalue weighted by Gasteiger charge is 2.77. The van der Waals surface area contributed by atoms with E-state index >= 15 is 0 Å². The fourth-order valence-electron chi connectivity index (χ4n) is 3.09. The Bertz CT molecular complexity index is 1150. The summed E-state index contributed by atoms with van der Waals surface area (Å²) in [4.78, 5) is 17.0. The molecule has 0 saturated carbocycles. The Balaban J connectivity index is 2.26. The van der Waals surface area contributed by atoms with Crippen LogP contribution in [0.2, 0.25) is 0 Å². The zero-order chi connectivity index (χ0) is 23.7. The molecular weight excluding hydrogens is 442 g/mol. The van der Waals surface area contributed by atoms with Crippen LogP contribution in [0.1, 0.15) is 16.8 Å². The molecule has 0 amide bonds. The van der Waals surface area contributed by atoms with Crippen LogP contribution in [0.25, 0.3) is 5.69 Å². The van der Waals surface area contributed by atoms with Gasteiger partial charge in [0.2, 0.25) is 0 Å². The van der Waals surface area contributed by atoms with Crippen molar-refractivity contribution < 1.29 is 31.2 Å². The Morgan fingerprint density at radius 2 is 1.44 bits per heavy atom. The van der Waals surface area contributed by atoms with Crippen LogP contribution in [0, 0.1) is 6.92 Å². The molecule has 0 aliphatic heterocycles. The molecule has 3 aromatic rings. The first-order chi connectivity index (χ1) is 14.9. The standard InChI is InChI=1S/C20H16F6N4O2/c1-12-15(17(31)30(28-12)14-10-6-3-7-11-14)18(19(21,22)23,20(24,25)26)32-29-16(27)13-8-4-2-5-9-13/h2-11,28H,1H3,(H2,27,29). The molecule has 0 atom stereocenters. The summed E-state index contributed by atoms with van der Waals surface area (Å²) >= 11 is 0. The predicted molar refractivity (Wildman–Crippen MR) is 103 cm³/mol. The maximum atomic E-state index is 14.1. The molecule has 32 heavy (non-hydrogen) atoms. The van der Waals surface area contributed by atoms with Crippen LogP contribution < -0.4 is 11.3 Å². The molecule has 0 saturated heterocycles. The first kappa shape index (κ1) is 23.0. The lowest BCUT2D eigenvalue weighted by Crippen LogP contribution is -2.57. The lowest BCUT2D eigenvalue weighted by Gasteiger charge is -2.34. The molecule has 1 aromatic heterocycles. The van der Waals surface area contributed by atoms with Crippen LogP contribution in [0.3, 0.4) is 0 Å². The highest BCUT2D eigenvalue weighted by atomic mass is 19.4. The molecule has 170 valence electrons. The van der Waals surface area contributed by atoms with Crippen molar-refractivity contribution in [1.29, 1.82) is 0 Å². The molecule has 0 aliphatic rings. The molecule has 6 nitrogen and oxygen atoms in total. The second-order valence-electron chi connectivity index (χ2n) is 6.70. The number of rotatable bonds is 5. The third kappa shape index (κ3) is 3.83. The van der Waals surface area contributed by atoms with E-state index in [2.05, 4.69) is 15.1 Å². The summed E-state index contributed by atoms with van der Waals surface area (Å²) in [5, 5.41) is 5.18. The van der Waals surface area contributed by atoms with Gasteiger partial charge < -0.3 is 10.6 Å². The minimum atomic E-state index is -6.12. The summed E-state index contributed by atoms with van der Waals surface area (Å²) in [6.45, 7) is 0.899. The maximum absolute atomic E-state index is 14.1. The van der Waals surface area contributed by atoms with E-state index in [-0.39, 0.29) is 11.3 Å². The van der Waals surface area contributed by atoms with Crippen molar-refractivity contribution in [3.63, 3.8) is 0 Å². The lowest BCUT2D eigenvalue weighted by atomic mass is 9.92. The Kier molecular flexibility index (Phi) is 5.81. The summed E-state index contributed by atoms with van der Waals surface area (Å²) in [6, 6.07) is 14.2. The summed E-state index contributed by atoms with van der Waals surface area (Å²) in [7, 11) is 0. The molecule has 0 spiro atoms. The number of hydrogen-bond acceptors (Lipinski definition) is 3. The number of oxime groups is 1. The quantitative estimate of drug-likeness (QED) is 0.261. The first-order valence-corrected chi connectivity index (χ1v) is 8.98. The summed E-state index contributed by atoms with van der Waals surface area (Å²) < 4.78 is 84.9. The van der Waals surface area contributed by atoms with Crippen molar-refractivity contribution in [2.45, 2.75) is 24.9 Å². The fourth-order valence-corrected chi connectivity index (χ4v) is 3.09. The van der Waals surface area contributed by atoms with Crippen molar-refractivity contribution in [2.75, 3.05) is 0 Å². The van der Waals surface area contributed by atoms with Gasteiger partial charge in [-0.2, -0.15) is 26.3 Å². The minimum absolute atomic E-state index is 0.0254. The van der Waals surface area contributed by atoms with Crippen LogP contribution in [-0.4, -0.2) is 28.0 Å². The van der Waals surface area contributed by atoms with Crippen molar-refractivity contribution in [3.05, 3.63) is 87.8 Å². The molecule has 0 bridgehead atoms. The van der Waals surface area contributed by atoms with E-state index in [9.17, 15) is 31.1 Å². The number of amidine groups is 1. The number of hydrogen-bond donors (Lipinski definition) is 2. The number of halogens is 6. The third-order valence-electron chi connectivity index (χ3n) is 4.59. The van der Waals surface area contributed by atoms with Gasteiger partial charge in [0.25, 0.3) is 5.56 Å². The van der Waals surface area contributed by atoms with E-state index in [1.165, 1.54) is 48.5 Å². The molecule has 0 aliphatic carbocycles. The normalized spacial score (nSPS) is 13.3. The lowest BCUT2D eigenvalue weighted by molar-refractivity contribution is -0.390. The topological polar surface area (TPSA) is 85.4 Å². The van der Waals surface area contributed by atoms with Gasteiger partial charge in [0.15, 0.2) is 5.84 Å². The van der Waals surface area contributed by atoms with Gasteiger partial charge in [-0.1, -0.05) is 53.7 Å². The van der Waals surface area contributed by atoms with E-state index in [0.717, 1.165) is 6.92 Å². The zero-order valence-corrected chi connectivity index (χ0v) is 16.3. The van der Waals surface area contributed by atoms with Crippen LogP contribution >= 0.6 is 0 Å². The Labute approximate surface area is 176 Å². The molecule has 2 aromatic carbocycles. The summed E-state index contributed by atoms with van der Waals surface area (Å²) in [5.41, 5.74) is -3.49. The number of aromatic nitrogens is 2. The van der Waals surface area contributed by atoms with Crippen LogP contribution in [0.15, 0.2) is 70.6 Å². The van der Waals surface area contributed by atoms with Crippen LogP contribution in [0.4, 0.5) is 26.3 Å². The van der Waals surface area contributed by atoms with E-state index in [1.54, 1.807) is 12.1 Å². The Morgan fingerprint density at radius 3 is 1.94 bits per heavy atom. The van der Waals surface area contributed by atoms with Gasteiger partial charge in [-0.15, -0.1) is 0 Å². The minimum Gasteiger partial charge on any atom is -0.380 e. The Hall–Kier alpha value is -3.70. The van der Waals surface area contributed by atoms with Gasteiger partial charge in [0.05, 0.1) is 5.69 Å². The monoisotopic (exact) mass is 458 g/mol. The molecule has 3 N–H and O–H groups in total. The number of aryl methyl sites for hydroxylation is 1. The number of nitrogens with zero attached hydrogens (tertiary/aromatic N) is 2. The maximum Gasteiger partial charge on any atom is 0.445 e. The van der Waals surface area contributed by atoms with Crippen LogP contribution in [-0.2, 0) is 10.4 Å². The molecule has 3 rings (SSSR count). The zero-order valence-electron chi connectivity index (χ0n) is 16.3. The number of alkyl halides is 6. The molecular formula is C20H16F6N4O2. The summed E-state index contributed by atoms with van der Waals surface area (Å²) in [5.74, 6) is -0.736. The molecule has 1 heterocycles. The number of H-pyrrole nitrogens is 1. The summed E-state index contributed by atoms with van der Waals surface area (Å²) in [6.07, 6.45) is -12.2. The fraction of sp³-hybridized carbons (Fsp3) is 0.200. The molecule has 12 heteroatoms. The highest BCUT2D eigenvalue weighted by molar-refractivity contribution is 5.96. The second-order valence-corrected chi connectivity index (χ2v) is 6.70. The van der Waals surface area contributed by atoms with Gasteiger partial charge in [0, 0.05) is 11.3 Å². The first-order valence-electron chi connectivity index (χ1n) is 8.98. The van der Waals surface area contributed by atoms with Gasteiger partial charge >= 0.3 is 18.0 Å². The van der Waals surface area contributed by atoms with Crippen molar-refractivity contribution in [1.82, 2.24) is 9.78 Å². The van der Waals surface area contributed by atoms with Crippen molar-refractivity contribution in [3.8, 4) is 5.69 Å².